The third-order valence-electron chi connectivity index (χ3n) is 5.02. The molecule has 3 aromatic rings. The number of methoxy groups -OCH3 is 1. The van der Waals surface area contributed by atoms with Gasteiger partial charge in [0.05, 0.1) is 23.9 Å². The van der Waals surface area contributed by atoms with Crippen LogP contribution in [-0.4, -0.2) is 41.0 Å². The number of nitrogens with one attached hydrogen (secondary N) is 1. The standard InChI is InChI=1S/C24H23N3O6S/c1-17-8-10-21(31-2)20(12-17)27(34(29,30)19-6-4-3-5-7-19)15-24(28)26-25-14-18-9-11-22-23(13-18)33-16-32-22/h3-14H,15-16H2,1-2H3,(H,26,28)/b25-14-. The lowest BCUT2D eigenvalue weighted by molar-refractivity contribution is -0.119. The zero-order valence-electron chi connectivity index (χ0n) is 18.6. The van der Waals surface area contributed by atoms with E-state index in [-0.39, 0.29) is 17.4 Å². The van der Waals surface area contributed by atoms with Gasteiger partial charge in [0, 0.05) is 0 Å². The number of nitrogens with zero attached hydrogens (tertiary/aromatic N) is 2. The summed E-state index contributed by atoms with van der Waals surface area (Å²) in [4.78, 5) is 12.8. The zero-order chi connectivity index (χ0) is 24.1. The topological polar surface area (TPSA) is 107 Å². The van der Waals surface area contributed by atoms with Crippen LogP contribution in [0.15, 0.2) is 76.7 Å². The number of rotatable bonds is 8. The second-order valence-corrected chi connectivity index (χ2v) is 9.27. The van der Waals surface area contributed by atoms with Crippen LogP contribution in [0, 0.1) is 6.92 Å². The van der Waals surface area contributed by atoms with Gasteiger partial charge in [0.25, 0.3) is 15.9 Å². The van der Waals surface area contributed by atoms with Crippen molar-refractivity contribution in [2.24, 2.45) is 5.10 Å². The summed E-state index contributed by atoms with van der Waals surface area (Å²) >= 11 is 0. The molecule has 0 saturated carbocycles. The highest BCUT2D eigenvalue weighted by molar-refractivity contribution is 7.92. The van der Waals surface area contributed by atoms with Crippen LogP contribution >= 0.6 is 0 Å². The lowest BCUT2D eigenvalue weighted by atomic mass is 10.2. The molecule has 10 heteroatoms. The van der Waals surface area contributed by atoms with E-state index in [4.69, 9.17) is 14.2 Å². The van der Waals surface area contributed by atoms with Crippen LogP contribution in [0.1, 0.15) is 11.1 Å². The van der Waals surface area contributed by atoms with Crippen LogP contribution in [0.5, 0.6) is 17.2 Å². The second-order valence-electron chi connectivity index (χ2n) is 7.41. The molecule has 0 saturated heterocycles. The van der Waals surface area contributed by atoms with Crippen molar-refractivity contribution in [3.05, 3.63) is 77.9 Å². The normalized spacial score (nSPS) is 12.5. The van der Waals surface area contributed by atoms with Gasteiger partial charge in [0.1, 0.15) is 12.3 Å². The summed E-state index contributed by atoms with van der Waals surface area (Å²) in [5.74, 6) is 0.916. The maximum atomic E-state index is 13.5. The number of hydrogen-bond donors (Lipinski definition) is 1. The number of benzene rings is 3. The Labute approximate surface area is 197 Å². The van der Waals surface area contributed by atoms with Crippen molar-refractivity contribution in [1.82, 2.24) is 5.43 Å². The number of ether oxygens (including phenoxy) is 3. The summed E-state index contributed by atoms with van der Waals surface area (Å²) in [5.41, 5.74) is 4.13. The first kappa shape index (κ1) is 23.1. The summed E-state index contributed by atoms with van der Waals surface area (Å²) in [5, 5.41) is 3.96. The molecular formula is C24H23N3O6S. The highest BCUT2D eigenvalue weighted by atomic mass is 32.2. The van der Waals surface area contributed by atoms with Gasteiger partial charge in [-0.3, -0.25) is 9.10 Å². The van der Waals surface area contributed by atoms with Crippen LogP contribution in [-0.2, 0) is 14.8 Å². The molecule has 0 atom stereocenters. The van der Waals surface area contributed by atoms with Crippen LogP contribution in [0.3, 0.4) is 0 Å². The molecule has 0 fully saturated rings. The Balaban J connectivity index is 1.58. The molecule has 0 radical (unpaired) electrons. The van der Waals surface area contributed by atoms with Crippen LogP contribution in [0.2, 0.25) is 0 Å². The number of hydrogen-bond acceptors (Lipinski definition) is 7. The molecule has 0 bridgehead atoms. The smallest absolute Gasteiger partial charge is 0.264 e. The predicted molar refractivity (Wildman–Crippen MR) is 127 cm³/mol. The third kappa shape index (κ3) is 4.96. The summed E-state index contributed by atoms with van der Waals surface area (Å²) in [6.07, 6.45) is 1.43. The first-order valence-corrected chi connectivity index (χ1v) is 11.8. The summed E-state index contributed by atoms with van der Waals surface area (Å²) in [6.45, 7) is 1.47. The molecule has 0 spiro atoms. The molecular weight excluding hydrogens is 458 g/mol. The Bertz CT molecular complexity index is 1330. The molecule has 1 N–H and O–H groups in total. The summed E-state index contributed by atoms with van der Waals surface area (Å²) in [6, 6.07) is 18.2. The molecule has 9 nitrogen and oxygen atoms in total. The molecule has 1 amide bonds. The number of carbonyl (C=O) groups is 1. The fourth-order valence-corrected chi connectivity index (χ4v) is 4.80. The first-order valence-electron chi connectivity index (χ1n) is 10.3. The minimum Gasteiger partial charge on any atom is -0.495 e. The van der Waals surface area contributed by atoms with Crippen LogP contribution in [0.25, 0.3) is 0 Å². The van der Waals surface area contributed by atoms with E-state index >= 15 is 0 Å². The predicted octanol–water partition coefficient (Wildman–Crippen LogP) is 3.08. The van der Waals surface area contributed by atoms with Gasteiger partial charge in [-0.1, -0.05) is 24.3 Å². The number of carbonyl (C=O) groups excluding carboxylic acids is 1. The Morgan fingerprint density at radius 3 is 2.62 bits per heavy atom. The summed E-state index contributed by atoms with van der Waals surface area (Å²) in [7, 11) is -2.63. The lowest BCUT2D eigenvalue weighted by Crippen LogP contribution is -2.39. The van der Waals surface area contributed by atoms with E-state index in [1.165, 1.54) is 25.5 Å². The second kappa shape index (κ2) is 9.84. The van der Waals surface area contributed by atoms with Gasteiger partial charge in [-0.15, -0.1) is 0 Å². The lowest BCUT2D eigenvalue weighted by Gasteiger charge is -2.25. The molecule has 1 aliphatic heterocycles. The maximum absolute atomic E-state index is 13.5. The molecule has 1 heterocycles. The quantitative estimate of drug-likeness (QED) is 0.392. The van der Waals surface area contributed by atoms with Gasteiger partial charge >= 0.3 is 0 Å². The molecule has 0 aromatic heterocycles. The average Bonchev–Trinajstić information content (AvgIpc) is 3.31. The molecule has 3 aromatic carbocycles. The minimum absolute atomic E-state index is 0.0511. The highest BCUT2D eigenvalue weighted by Gasteiger charge is 2.29. The van der Waals surface area contributed by atoms with Crippen molar-refractivity contribution < 1.29 is 27.4 Å². The van der Waals surface area contributed by atoms with Gasteiger partial charge in [0.15, 0.2) is 11.5 Å². The van der Waals surface area contributed by atoms with Gasteiger partial charge in [0.2, 0.25) is 6.79 Å². The Hall–Kier alpha value is -4.05. The number of fused-ring (bicyclic) bond motifs is 1. The fraction of sp³-hybridized carbons (Fsp3) is 0.167. The molecule has 4 rings (SSSR count). The monoisotopic (exact) mass is 481 g/mol. The van der Waals surface area contributed by atoms with E-state index in [0.29, 0.717) is 22.8 Å². The molecule has 1 aliphatic rings. The molecule has 0 aliphatic carbocycles. The average molecular weight is 482 g/mol. The van der Waals surface area contributed by atoms with E-state index < -0.39 is 22.5 Å². The Morgan fingerprint density at radius 1 is 1.09 bits per heavy atom. The van der Waals surface area contributed by atoms with Crippen molar-refractivity contribution in [3.8, 4) is 17.2 Å². The van der Waals surface area contributed by atoms with Crippen molar-refractivity contribution in [2.75, 3.05) is 24.8 Å². The Kier molecular flexibility index (Phi) is 6.69. The van der Waals surface area contributed by atoms with Crippen molar-refractivity contribution in [3.63, 3.8) is 0 Å². The maximum Gasteiger partial charge on any atom is 0.264 e. The van der Waals surface area contributed by atoms with Crippen molar-refractivity contribution in [2.45, 2.75) is 11.8 Å². The van der Waals surface area contributed by atoms with E-state index in [2.05, 4.69) is 10.5 Å². The minimum atomic E-state index is -4.07. The fourth-order valence-electron chi connectivity index (χ4n) is 3.35. The van der Waals surface area contributed by atoms with E-state index in [0.717, 1.165) is 9.87 Å². The first-order chi connectivity index (χ1) is 16.4. The molecule has 0 unspecified atom stereocenters. The summed E-state index contributed by atoms with van der Waals surface area (Å²) < 4.78 is 43.9. The SMILES string of the molecule is COc1ccc(C)cc1N(CC(=O)N/N=C\c1ccc2c(c1)OCO2)S(=O)(=O)c1ccccc1. The Morgan fingerprint density at radius 2 is 1.85 bits per heavy atom. The third-order valence-corrected chi connectivity index (χ3v) is 6.79. The number of sulfonamides is 1. The van der Waals surface area contributed by atoms with Gasteiger partial charge in [-0.05, 0) is 60.5 Å². The van der Waals surface area contributed by atoms with Crippen LogP contribution in [0.4, 0.5) is 5.69 Å². The van der Waals surface area contributed by atoms with Gasteiger partial charge < -0.3 is 14.2 Å². The van der Waals surface area contributed by atoms with Gasteiger partial charge in [-0.2, -0.15) is 5.10 Å². The number of hydrazone groups is 1. The molecule has 176 valence electrons. The van der Waals surface area contributed by atoms with Crippen LogP contribution < -0.4 is 23.9 Å². The van der Waals surface area contributed by atoms with Gasteiger partial charge in [-0.25, -0.2) is 13.8 Å². The van der Waals surface area contributed by atoms with Crippen molar-refractivity contribution >= 4 is 27.8 Å². The number of aryl methyl sites for hydroxylation is 1. The zero-order valence-corrected chi connectivity index (χ0v) is 19.4. The van der Waals surface area contributed by atoms with E-state index in [1.807, 2.05) is 6.92 Å². The van der Waals surface area contributed by atoms with E-state index in [1.54, 1.807) is 54.6 Å². The molecule has 34 heavy (non-hydrogen) atoms. The van der Waals surface area contributed by atoms with Crippen molar-refractivity contribution in [1.29, 1.82) is 0 Å². The van der Waals surface area contributed by atoms with E-state index in [9.17, 15) is 13.2 Å². The number of anilines is 1. The number of amides is 1. The largest absolute Gasteiger partial charge is 0.495 e. The highest BCUT2D eigenvalue weighted by Crippen LogP contribution is 2.33.